The number of nitriles is 1. The third kappa shape index (κ3) is 4.62. The highest BCUT2D eigenvalue weighted by Gasteiger charge is 2.11. The Morgan fingerprint density at radius 2 is 2.24 bits per heavy atom. The van der Waals surface area contributed by atoms with Crippen molar-refractivity contribution in [2.75, 3.05) is 25.5 Å². The van der Waals surface area contributed by atoms with Gasteiger partial charge in [-0.05, 0) is 12.1 Å². The van der Waals surface area contributed by atoms with E-state index < -0.39 is 5.82 Å². The zero-order valence-electron chi connectivity index (χ0n) is 9.66. The molecule has 1 aromatic rings. The van der Waals surface area contributed by atoms with Gasteiger partial charge in [0.25, 0.3) is 5.91 Å². The number of carbonyl (C=O) groups excluding carboxylic acids is 1. The molecule has 0 aliphatic carbocycles. The molecule has 0 fully saturated rings. The van der Waals surface area contributed by atoms with Crippen LogP contribution in [0.25, 0.3) is 0 Å². The zero-order valence-corrected chi connectivity index (χ0v) is 9.66. The second kappa shape index (κ2) is 6.61. The SMILES string of the molecule is C[NH+](CCC#N)CC(=O)Nc1ccccc1F. The summed E-state index contributed by atoms with van der Waals surface area (Å²) in [5.74, 6) is -0.707. The summed E-state index contributed by atoms with van der Waals surface area (Å²) in [6, 6.07) is 8.05. The molecule has 1 aromatic carbocycles. The van der Waals surface area contributed by atoms with Crippen molar-refractivity contribution in [3.8, 4) is 6.07 Å². The van der Waals surface area contributed by atoms with Gasteiger partial charge in [-0.25, -0.2) is 4.39 Å². The number of hydrogen-bond donors (Lipinski definition) is 2. The Hall–Kier alpha value is -1.93. The van der Waals surface area contributed by atoms with E-state index >= 15 is 0 Å². The van der Waals surface area contributed by atoms with Gasteiger partial charge >= 0.3 is 0 Å². The molecule has 1 amide bonds. The molecule has 0 heterocycles. The maximum absolute atomic E-state index is 13.2. The Balaban J connectivity index is 2.45. The molecule has 1 rings (SSSR count). The van der Waals surface area contributed by atoms with E-state index in [2.05, 4.69) is 5.32 Å². The Kier molecular flexibility index (Phi) is 5.11. The fraction of sp³-hybridized carbons (Fsp3) is 0.333. The standard InChI is InChI=1S/C12H14FN3O/c1-16(8-4-7-14)9-12(17)15-11-6-3-2-5-10(11)13/h2-3,5-6H,4,8-9H2,1H3,(H,15,17)/p+1. The number of para-hydroxylation sites is 1. The first kappa shape index (κ1) is 13.1. The first-order chi connectivity index (χ1) is 8.13. The van der Waals surface area contributed by atoms with E-state index in [0.29, 0.717) is 13.0 Å². The molecule has 0 aromatic heterocycles. The van der Waals surface area contributed by atoms with Crippen LogP contribution in [-0.2, 0) is 4.79 Å². The van der Waals surface area contributed by atoms with Crippen molar-refractivity contribution in [3.63, 3.8) is 0 Å². The Labute approximate surface area is 99.7 Å². The summed E-state index contributed by atoms with van der Waals surface area (Å²) in [6.45, 7) is 0.817. The van der Waals surface area contributed by atoms with Crippen LogP contribution in [0.5, 0.6) is 0 Å². The molecule has 1 atom stereocenters. The number of rotatable bonds is 5. The van der Waals surface area contributed by atoms with E-state index in [1.165, 1.54) is 12.1 Å². The molecule has 5 heteroatoms. The largest absolute Gasteiger partial charge is 0.329 e. The third-order valence-electron chi connectivity index (χ3n) is 2.27. The van der Waals surface area contributed by atoms with Crippen molar-refractivity contribution in [3.05, 3.63) is 30.1 Å². The Bertz CT molecular complexity index is 428. The minimum atomic E-state index is -0.449. The van der Waals surface area contributed by atoms with Gasteiger partial charge in [0, 0.05) is 0 Å². The number of anilines is 1. The number of halogens is 1. The normalized spacial score (nSPS) is 11.6. The van der Waals surface area contributed by atoms with Crippen LogP contribution in [-0.4, -0.2) is 26.0 Å². The van der Waals surface area contributed by atoms with Crippen LogP contribution in [0.15, 0.2) is 24.3 Å². The minimum absolute atomic E-state index is 0.186. The Morgan fingerprint density at radius 3 is 2.88 bits per heavy atom. The number of quaternary nitrogens is 1. The lowest BCUT2D eigenvalue weighted by Gasteiger charge is -2.12. The Morgan fingerprint density at radius 1 is 1.53 bits per heavy atom. The summed E-state index contributed by atoms with van der Waals surface area (Å²) in [4.78, 5) is 12.5. The van der Waals surface area contributed by atoms with Crippen molar-refractivity contribution < 1.29 is 14.1 Å². The van der Waals surface area contributed by atoms with E-state index in [0.717, 1.165) is 4.90 Å². The number of hydrogen-bond acceptors (Lipinski definition) is 2. The predicted octanol–water partition coefficient (Wildman–Crippen LogP) is 0.193. The highest BCUT2D eigenvalue weighted by atomic mass is 19.1. The molecule has 17 heavy (non-hydrogen) atoms. The number of carbonyl (C=O) groups is 1. The van der Waals surface area contributed by atoms with Gasteiger partial charge in [0.05, 0.1) is 31.8 Å². The maximum atomic E-state index is 13.2. The molecule has 90 valence electrons. The number of nitrogens with zero attached hydrogens (tertiary/aromatic N) is 1. The van der Waals surface area contributed by atoms with E-state index in [1.54, 1.807) is 12.1 Å². The van der Waals surface area contributed by atoms with Crippen LogP contribution >= 0.6 is 0 Å². The molecular formula is C12H15FN3O+. The van der Waals surface area contributed by atoms with Gasteiger partial charge in [0.15, 0.2) is 6.54 Å². The summed E-state index contributed by atoms with van der Waals surface area (Å²) in [5, 5.41) is 10.9. The molecule has 0 saturated heterocycles. The predicted molar refractivity (Wildman–Crippen MR) is 61.9 cm³/mol. The highest BCUT2D eigenvalue weighted by molar-refractivity contribution is 5.91. The quantitative estimate of drug-likeness (QED) is 0.767. The molecule has 0 bridgehead atoms. The first-order valence-electron chi connectivity index (χ1n) is 5.36. The number of amides is 1. The second-order valence-corrected chi connectivity index (χ2v) is 3.82. The average molecular weight is 236 g/mol. The smallest absolute Gasteiger partial charge is 0.279 e. The summed E-state index contributed by atoms with van der Waals surface area (Å²) in [7, 11) is 1.82. The van der Waals surface area contributed by atoms with Gasteiger partial charge in [-0.15, -0.1) is 0 Å². The van der Waals surface area contributed by atoms with Gasteiger partial charge < -0.3 is 10.2 Å². The summed E-state index contributed by atoms with van der Waals surface area (Å²) >= 11 is 0. The lowest BCUT2D eigenvalue weighted by Crippen LogP contribution is -3.10. The summed E-state index contributed by atoms with van der Waals surface area (Å²) < 4.78 is 13.2. The molecule has 0 spiro atoms. The van der Waals surface area contributed by atoms with Crippen molar-refractivity contribution in [1.29, 1.82) is 5.26 Å². The van der Waals surface area contributed by atoms with Crippen molar-refractivity contribution in [2.24, 2.45) is 0 Å². The number of nitrogens with one attached hydrogen (secondary N) is 2. The van der Waals surface area contributed by atoms with E-state index in [9.17, 15) is 9.18 Å². The van der Waals surface area contributed by atoms with E-state index in [1.807, 2.05) is 13.1 Å². The third-order valence-corrected chi connectivity index (χ3v) is 2.27. The van der Waals surface area contributed by atoms with Gasteiger partial charge in [0.1, 0.15) is 5.82 Å². The lowest BCUT2D eigenvalue weighted by molar-refractivity contribution is -0.870. The van der Waals surface area contributed by atoms with Crippen LogP contribution in [0.4, 0.5) is 10.1 Å². The molecule has 1 unspecified atom stereocenters. The van der Waals surface area contributed by atoms with Crippen molar-refractivity contribution in [2.45, 2.75) is 6.42 Å². The van der Waals surface area contributed by atoms with Crippen LogP contribution in [0, 0.1) is 17.1 Å². The van der Waals surface area contributed by atoms with E-state index in [-0.39, 0.29) is 18.1 Å². The van der Waals surface area contributed by atoms with Crippen molar-refractivity contribution >= 4 is 11.6 Å². The molecular weight excluding hydrogens is 221 g/mol. The fourth-order valence-electron chi connectivity index (χ4n) is 1.39. The molecule has 0 radical (unpaired) electrons. The fourth-order valence-corrected chi connectivity index (χ4v) is 1.39. The first-order valence-corrected chi connectivity index (χ1v) is 5.36. The molecule has 0 aliphatic heterocycles. The topological polar surface area (TPSA) is 57.3 Å². The van der Waals surface area contributed by atoms with Gasteiger partial charge in [-0.2, -0.15) is 5.26 Å². The highest BCUT2D eigenvalue weighted by Crippen LogP contribution is 2.11. The van der Waals surface area contributed by atoms with Gasteiger partial charge in [-0.1, -0.05) is 12.1 Å². The van der Waals surface area contributed by atoms with Crippen molar-refractivity contribution in [1.82, 2.24) is 0 Å². The van der Waals surface area contributed by atoms with Gasteiger partial charge in [0.2, 0.25) is 0 Å². The van der Waals surface area contributed by atoms with Gasteiger partial charge in [-0.3, -0.25) is 4.79 Å². The second-order valence-electron chi connectivity index (χ2n) is 3.82. The molecule has 4 nitrogen and oxygen atoms in total. The lowest BCUT2D eigenvalue weighted by atomic mass is 10.3. The van der Waals surface area contributed by atoms with E-state index in [4.69, 9.17) is 5.26 Å². The maximum Gasteiger partial charge on any atom is 0.279 e. The molecule has 0 saturated carbocycles. The minimum Gasteiger partial charge on any atom is -0.329 e. The van der Waals surface area contributed by atoms with Crippen LogP contribution in [0.1, 0.15) is 6.42 Å². The number of likely N-dealkylation sites (N-methyl/N-ethyl adjacent to an activating group) is 1. The van der Waals surface area contributed by atoms with Crippen LogP contribution in [0.2, 0.25) is 0 Å². The molecule has 0 aliphatic rings. The number of benzene rings is 1. The zero-order chi connectivity index (χ0) is 12.7. The molecule has 2 N–H and O–H groups in total. The summed E-state index contributed by atoms with van der Waals surface area (Å²) in [5.41, 5.74) is 0.186. The monoisotopic (exact) mass is 236 g/mol. The van der Waals surface area contributed by atoms with Crippen LogP contribution in [0.3, 0.4) is 0 Å². The average Bonchev–Trinajstić information content (AvgIpc) is 2.29. The van der Waals surface area contributed by atoms with Crippen LogP contribution < -0.4 is 10.2 Å². The summed E-state index contributed by atoms with van der Waals surface area (Å²) in [6.07, 6.45) is 0.402.